The van der Waals surface area contributed by atoms with E-state index >= 15 is 8.78 Å². The molecular formula is C38H34F3N5O3. The molecule has 1 aliphatic carbocycles. The molecule has 0 unspecified atom stereocenters. The Hall–Kier alpha value is -5.58. The lowest BCUT2D eigenvalue weighted by Gasteiger charge is -2.45. The number of phenols is 1. The topological polar surface area (TPSA) is 119 Å². The second-order valence-corrected chi connectivity index (χ2v) is 12.8. The summed E-state index contributed by atoms with van der Waals surface area (Å²) in [5.41, 5.74) is 2.95. The molecule has 0 saturated heterocycles. The summed E-state index contributed by atoms with van der Waals surface area (Å²) in [6, 6.07) is 23.4. The van der Waals surface area contributed by atoms with E-state index in [0.717, 1.165) is 30.6 Å². The van der Waals surface area contributed by atoms with Crippen LogP contribution in [-0.2, 0) is 12.3 Å². The Morgan fingerprint density at radius 2 is 1.73 bits per heavy atom. The first-order valence-corrected chi connectivity index (χ1v) is 16.2. The summed E-state index contributed by atoms with van der Waals surface area (Å²) in [6.45, 7) is -0.209. The number of rotatable bonds is 10. The Balaban J connectivity index is 1.21. The highest BCUT2D eigenvalue weighted by Crippen LogP contribution is 2.45. The predicted molar refractivity (Wildman–Crippen MR) is 180 cm³/mol. The van der Waals surface area contributed by atoms with Crippen molar-refractivity contribution in [3.05, 3.63) is 131 Å². The number of carbonyl (C=O) groups is 2. The van der Waals surface area contributed by atoms with Crippen molar-refractivity contribution in [2.45, 2.75) is 49.5 Å². The second kappa shape index (κ2) is 12.8. The smallest absolute Gasteiger partial charge is 0.290 e. The summed E-state index contributed by atoms with van der Waals surface area (Å²) in [5, 5.41) is 19.3. The van der Waals surface area contributed by atoms with E-state index in [4.69, 9.17) is 0 Å². The normalized spacial score (nSPS) is 15.5. The Bertz CT molecular complexity index is 2010. The van der Waals surface area contributed by atoms with Crippen LogP contribution in [0, 0.1) is 5.82 Å². The minimum absolute atomic E-state index is 0.00644. The zero-order chi connectivity index (χ0) is 34.2. The molecule has 0 bridgehead atoms. The van der Waals surface area contributed by atoms with Gasteiger partial charge in [-0.15, -0.1) is 0 Å². The fourth-order valence-electron chi connectivity index (χ4n) is 6.75. The van der Waals surface area contributed by atoms with Gasteiger partial charge in [-0.3, -0.25) is 14.6 Å². The lowest BCUT2D eigenvalue weighted by molar-refractivity contribution is -0.0245. The van der Waals surface area contributed by atoms with E-state index in [0.29, 0.717) is 34.5 Å². The number of phenolic OH excluding ortho intramolecular Hbond substituents is 1. The molecule has 1 spiro atoms. The van der Waals surface area contributed by atoms with Gasteiger partial charge < -0.3 is 26.0 Å². The van der Waals surface area contributed by atoms with E-state index in [1.165, 1.54) is 48.7 Å². The number of amides is 2. The van der Waals surface area contributed by atoms with Gasteiger partial charge in [-0.05, 0) is 73.4 Å². The van der Waals surface area contributed by atoms with Crippen LogP contribution in [0.15, 0.2) is 97.2 Å². The Morgan fingerprint density at radius 3 is 2.45 bits per heavy atom. The van der Waals surface area contributed by atoms with Gasteiger partial charge in [0.05, 0.1) is 22.5 Å². The van der Waals surface area contributed by atoms with Crippen molar-refractivity contribution in [1.82, 2.24) is 20.6 Å². The first-order chi connectivity index (χ1) is 23.6. The maximum Gasteiger partial charge on any atom is 0.290 e. The van der Waals surface area contributed by atoms with Crippen LogP contribution in [0.1, 0.15) is 69.3 Å². The summed E-state index contributed by atoms with van der Waals surface area (Å²) in [7, 11) is 0. The quantitative estimate of drug-likeness (QED) is 0.105. The maximum absolute atomic E-state index is 16.3. The molecule has 49 heavy (non-hydrogen) atoms. The molecule has 8 nitrogen and oxygen atoms in total. The molecule has 11 heteroatoms. The predicted octanol–water partition coefficient (Wildman–Crippen LogP) is 7.57. The standard InChI is InChI=1S/C38H34F3N5O3/c39-26-13-11-23(12-14-26)25(22-43-35(48)28-9-4-5-10-30(28)47)20-38(40,41)31-19-24(15-18-42-31)33-34(44-27-7-2-1-3-8-27)32-29(45-33)21-37(16-6-17-37)46-36(32)49/h1-5,7-15,18-19,25,44-45,47H,6,16-17,20-22H2,(H,43,48)(H,46,49)/t25-/m1/s1. The Morgan fingerprint density at radius 1 is 1.00 bits per heavy atom. The SMILES string of the molecule is O=C(NC[C@@H](CC(F)(F)c1cc(-c2[nH]c3c(c2Nc2ccccc2)C(=O)NC2(CCC2)C3)ccn1)c1ccc(F)cc1)c1ccccc1O. The molecule has 250 valence electrons. The van der Waals surface area contributed by atoms with Crippen molar-refractivity contribution in [3.8, 4) is 17.0 Å². The van der Waals surface area contributed by atoms with Crippen LogP contribution in [0.25, 0.3) is 11.3 Å². The van der Waals surface area contributed by atoms with Gasteiger partial charge in [0.25, 0.3) is 17.7 Å². The molecule has 1 atom stereocenters. The molecule has 1 aliphatic heterocycles. The zero-order valence-corrected chi connectivity index (χ0v) is 26.4. The maximum atomic E-state index is 16.3. The number of aromatic nitrogens is 2. The first kappa shape index (κ1) is 32.0. The van der Waals surface area contributed by atoms with Crippen molar-refractivity contribution in [1.29, 1.82) is 0 Å². The Kier molecular flexibility index (Phi) is 8.35. The van der Waals surface area contributed by atoms with Gasteiger partial charge >= 0.3 is 0 Å². The number of alkyl halides is 2. The highest BCUT2D eigenvalue weighted by atomic mass is 19.3. The van der Waals surface area contributed by atoms with Gasteiger partial charge in [0.2, 0.25) is 0 Å². The van der Waals surface area contributed by atoms with E-state index < -0.39 is 35.7 Å². The van der Waals surface area contributed by atoms with E-state index in [1.54, 1.807) is 18.2 Å². The molecule has 2 aliphatic rings. The number of para-hydroxylation sites is 2. The van der Waals surface area contributed by atoms with Crippen molar-refractivity contribution in [2.75, 3.05) is 11.9 Å². The fourth-order valence-corrected chi connectivity index (χ4v) is 6.75. The van der Waals surface area contributed by atoms with Crippen LogP contribution >= 0.6 is 0 Å². The highest BCUT2D eigenvalue weighted by Gasteiger charge is 2.45. The lowest BCUT2D eigenvalue weighted by Crippen LogP contribution is -2.57. The van der Waals surface area contributed by atoms with Crippen LogP contribution in [0.5, 0.6) is 5.75 Å². The molecule has 3 heterocycles. The number of aromatic amines is 1. The number of anilines is 2. The first-order valence-electron chi connectivity index (χ1n) is 16.2. The van der Waals surface area contributed by atoms with Gasteiger partial charge in [-0.2, -0.15) is 8.78 Å². The number of hydrogen-bond acceptors (Lipinski definition) is 5. The summed E-state index contributed by atoms with van der Waals surface area (Å²) < 4.78 is 46.4. The molecule has 1 fully saturated rings. The lowest BCUT2D eigenvalue weighted by atomic mass is 9.71. The van der Waals surface area contributed by atoms with Crippen molar-refractivity contribution < 1.29 is 27.9 Å². The van der Waals surface area contributed by atoms with Crippen molar-refractivity contribution in [3.63, 3.8) is 0 Å². The number of fused-ring (bicyclic) bond motifs is 1. The van der Waals surface area contributed by atoms with Crippen LogP contribution in [-0.4, -0.2) is 39.0 Å². The number of hydrogen-bond donors (Lipinski definition) is 5. The number of pyridine rings is 1. The number of H-pyrrole nitrogens is 1. The molecule has 1 saturated carbocycles. The van der Waals surface area contributed by atoms with Crippen LogP contribution in [0.2, 0.25) is 0 Å². The molecule has 3 aromatic carbocycles. The highest BCUT2D eigenvalue weighted by molar-refractivity contribution is 6.06. The second-order valence-electron chi connectivity index (χ2n) is 12.8. The summed E-state index contributed by atoms with van der Waals surface area (Å²) in [4.78, 5) is 33.8. The number of nitrogens with one attached hydrogen (secondary N) is 4. The van der Waals surface area contributed by atoms with Gasteiger partial charge in [0.15, 0.2) is 0 Å². The van der Waals surface area contributed by atoms with E-state index in [2.05, 4.69) is 25.9 Å². The van der Waals surface area contributed by atoms with Crippen LogP contribution in [0.4, 0.5) is 24.5 Å². The largest absolute Gasteiger partial charge is 0.507 e. The van der Waals surface area contributed by atoms with Crippen LogP contribution in [0.3, 0.4) is 0 Å². The van der Waals surface area contributed by atoms with Gasteiger partial charge in [0.1, 0.15) is 17.3 Å². The third kappa shape index (κ3) is 6.48. The number of halogens is 3. The summed E-state index contributed by atoms with van der Waals surface area (Å²) >= 11 is 0. The third-order valence-electron chi connectivity index (χ3n) is 9.48. The minimum atomic E-state index is -3.48. The molecule has 7 rings (SSSR count). The van der Waals surface area contributed by atoms with E-state index in [-0.39, 0.29) is 29.3 Å². The molecule has 5 N–H and O–H groups in total. The number of benzene rings is 3. The van der Waals surface area contributed by atoms with Gasteiger partial charge in [-0.25, -0.2) is 4.39 Å². The fraction of sp³-hybridized carbons (Fsp3) is 0.237. The molecule has 0 radical (unpaired) electrons. The van der Waals surface area contributed by atoms with Crippen molar-refractivity contribution >= 4 is 23.2 Å². The summed E-state index contributed by atoms with van der Waals surface area (Å²) in [5.74, 6) is -6.03. The average Bonchev–Trinajstić information content (AvgIpc) is 3.45. The van der Waals surface area contributed by atoms with Gasteiger partial charge in [0, 0.05) is 54.0 Å². The molecule has 5 aromatic rings. The van der Waals surface area contributed by atoms with Crippen LogP contribution < -0.4 is 16.0 Å². The third-order valence-corrected chi connectivity index (χ3v) is 9.48. The van der Waals surface area contributed by atoms with Crippen molar-refractivity contribution in [2.24, 2.45) is 0 Å². The number of carbonyl (C=O) groups excluding carboxylic acids is 2. The molecule has 2 aromatic heterocycles. The van der Waals surface area contributed by atoms with E-state index in [9.17, 15) is 19.1 Å². The van der Waals surface area contributed by atoms with E-state index in [1.807, 2.05) is 30.3 Å². The Labute approximate surface area is 280 Å². The number of aromatic hydroxyl groups is 1. The number of nitrogens with zero attached hydrogens (tertiary/aromatic N) is 1. The molecular weight excluding hydrogens is 631 g/mol. The monoisotopic (exact) mass is 665 g/mol. The summed E-state index contributed by atoms with van der Waals surface area (Å²) in [6.07, 6.45) is 3.95. The minimum Gasteiger partial charge on any atom is -0.507 e. The van der Waals surface area contributed by atoms with Gasteiger partial charge in [-0.1, -0.05) is 42.5 Å². The average molecular weight is 666 g/mol. The molecule has 2 amide bonds. The zero-order valence-electron chi connectivity index (χ0n) is 26.4.